The second-order valence-corrected chi connectivity index (χ2v) is 4.10. The molecule has 0 spiro atoms. The minimum Gasteiger partial charge on any atom is -0.668 e. The van der Waals surface area contributed by atoms with Crippen molar-refractivity contribution in [2.24, 2.45) is 0 Å². The summed E-state index contributed by atoms with van der Waals surface area (Å²) >= 11 is 0. The average molecular weight is 343 g/mol. The van der Waals surface area contributed by atoms with Crippen molar-refractivity contribution in [1.82, 2.24) is 0 Å². The smallest absolute Gasteiger partial charge is 0.668 e. The molecule has 0 N–H and O–H groups in total. The van der Waals surface area contributed by atoms with E-state index >= 15 is 0 Å². The van der Waals surface area contributed by atoms with Crippen molar-refractivity contribution in [3.05, 3.63) is 64.6 Å². The van der Waals surface area contributed by atoms with Crippen LogP contribution in [-0.4, -0.2) is 42.3 Å². The average Bonchev–Trinajstić information content (AvgIpc) is 2.41. The van der Waals surface area contributed by atoms with E-state index in [1.165, 1.54) is 0 Å². The largest absolute Gasteiger partial charge is 4.00 e. The molecule has 128 valence electrons. The van der Waals surface area contributed by atoms with Crippen molar-refractivity contribution < 1.29 is 21.7 Å². The van der Waals surface area contributed by atoms with Gasteiger partial charge in [0, 0.05) is 0 Å². The summed E-state index contributed by atoms with van der Waals surface area (Å²) in [7, 11) is 10.5. The first-order valence-corrected chi connectivity index (χ1v) is 6.63. The van der Waals surface area contributed by atoms with Gasteiger partial charge in [0.1, 0.15) is 0 Å². The molecule has 0 heterocycles. The summed E-state index contributed by atoms with van der Waals surface area (Å²) in [5.74, 6) is 0. The van der Waals surface area contributed by atoms with Gasteiger partial charge in [-0.15, -0.1) is 6.92 Å². The van der Waals surface area contributed by atoms with Gasteiger partial charge in [-0.2, -0.15) is 48.4 Å². The molecule has 4 heteroatoms. The maximum Gasteiger partial charge on any atom is 4.00 e. The Labute approximate surface area is 156 Å². The molecular weight excluding hydrogens is 306 g/mol. The quantitative estimate of drug-likeness (QED) is 0.338. The molecular formula is C18H37N3Ti. The van der Waals surface area contributed by atoms with Crippen molar-refractivity contribution in [2.75, 3.05) is 42.3 Å². The summed E-state index contributed by atoms with van der Waals surface area (Å²) in [5.41, 5.74) is 3.25. The van der Waals surface area contributed by atoms with Gasteiger partial charge in [0.05, 0.1) is 0 Å². The van der Waals surface area contributed by atoms with Gasteiger partial charge in [-0.25, -0.2) is 11.6 Å². The topological polar surface area (TPSA) is 42.3 Å². The summed E-state index contributed by atoms with van der Waals surface area (Å²) < 4.78 is 0. The number of rotatable bonds is 2. The normalized spacial score (nSPS) is 7.64. The van der Waals surface area contributed by atoms with E-state index in [9.17, 15) is 0 Å². The van der Waals surface area contributed by atoms with Crippen molar-refractivity contribution in [3.8, 4) is 0 Å². The van der Waals surface area contributed by atoms with E-state index < -0.39 is 0 Å². The number of hydrogen-bond acceptors (Lipinski definition) is 0. The third kappa shape index (κ3) is 118. The fraction of sp³-hybridized carbons (Fsp3) is 0.556. The van der Waals surface area contributed by atoms with Crippen LogP contribution in [-0.2, 0) is 21.7 Å². The summed E-state index contributed by atoms with van der Waals surface area (Å²) in [5, 5.41) is 10.5. The van der Waals surface area contributed by atoms with Gasteiger partial charge in [-0.05, 0) is 13.8 Å². The third-order valence-electron chi connectivity index (χ3n) is 1.45. The minimum atomic E-state index is 0. The Hall–Kier alpha value is -0.446. The molecule has 0 aliphatic carbocycles. The van der Waals surface area contributed by atoms with Crippen molar-refractivity contribution in [3.63, 3.8) is 0 Å². The Morgan fingerprint density at radius 1 is 0.773 bits per heavy atom. The minimum absolute atomic E-state index is 0. The van der Waals surface area contributed by atoms with Crippen molar-refractivity contribution in [2.45, 2.75) is 27.7 Å². The molecule has 0 aromatic carbocycles. The Morgan fingerprint density at radius 2 is 0.955 bits per heavy atom. The van der Waals surface area contributed by atoms with Crippen LogP contribution in [0.3, 0.4) is 0 Å². The Bertz CT molecular complexity index is 230. The van der Waals surface area contributed by atoms with E-state index in [-0.39, 0.29) is 21.7 Å². The first-order valence-electron chi connectivity index (χ1n) is 6.63. The van der Waals surface area contributed by atoms with Crippen LogP contribution in [0.1, 0.15) is 27.7 Å². The first-order chi connectivity index (χ1) is 9.69. The maximum absolute atomic E-state index is 5.09. The molecule has 0 atom stereocenters. The zero-order valence-electron chi connectivity index (χ0n) is 16.5. The molecule has 0 aromatic rings. The van der Waals surface area contributed by atoms with E-state index in [0.717, 1.165) is 16.7 Å². The van der Waals surface area contributed by atoms with Gasteiger partial charge in [0.2, 0.25) is 0 Å². The SMILES string of the molecule is C=C(C)C(=C)C.C[N-]C.C[N-]C.C[N-]C.[CH-]=CC(C)=CC.[Ti+4]. The molecule has 0 saturated carbocycles. The van der Waals surface area contributed by atoms with E-state index in [0.29, 0.717) is 0 Å². The summed E-state index contributed by atoms with van der Waals surface area (Å²) in [6, 6.07) is 0. The first kappa shape index (κ1) is 37.6. The zero-order valence-corrected chi connectivity index (χ0v) is 18.0. The van der Waals surface area contributed by atoms with Crippen LogP contribution in [0.4, 0.5) is 0 Å². The standard InChI is InChI=1S/C6H10.C6H9.3C2H6N.Ti/c1-5(2)6(3)4;1-4-6(3)5-2;3*1-3-2;/h1,3H2,2,4H3;1,4-5H,2-3H3;3*1-2H3;/q;4*-1;+4. The van der Waals surface area contributed by atoms with Crippen LogP contribution in [0.5, 0.6) is 0 Å². The zero-order chi connectivity index (χ0) is 18.3. The third-order valence-corrected chi connectivity index (χ3v) is 1.45. The molecule has 0 aliphatic rings. The van der Waals surface area contributed by atoms with Gasteiger partial charge in [-0.1, -0.05) is 31.2 Å². The van der Waals surface area contributed by atoms with Gasteiger partial charge in [0.15, 0.2) is 0 Å². The molecule has 0 bridgehead atoms. The van der Waals surface area contributed by atoms with Crippen LogP contribution in [0.2, 0.25) is 0 Å². The molecule has 0 rings (SSSR count). The second-order valence-electron chi connectivity index (χ2n) is 4.10. The van der Waals surface area contributed by atoms with Gasteiger partial charge >= 0.3 is 21.7 Å². The second kappa shape index (κ2) is 42.8. The molecule has 0 aliphatic heterocycles. The van der Waals surface area contributed by atoms with Crippen LogP contribution in [0.15, 0.2) is 42.0 Å². The fourth-order valence-electron chi connectivity index (χ4n) is 0.0962. The predicted octanol–water partition coefficient (Wildman–Crippen LogP) is 5.94. The van der Waals surface area contributed by atoms with E-state index in [2.05, 4.69) is 29.1 Å². The van der Waals surface area contributed by atoms with Gasteiger partial charge in [0.25, 0.3) is 0 Å². The maximum atomic E-state index is 5.09. The van der Waals surface area contributed by atoms with Crippen molar-refractivity contribution >= 4 is 0 Å². The van der Waals surface area contributed by atoms with Gasteiger partial charge < -0.3 is 16.0 Å². The molecule has 0 radical (unpaired) electrons. The fourth-order valence-corrected chi connectivity index (χ4v) is 0.0962. The van der Waals surface area contributed by atoms with Crippen LogP contribution in [0.25, 0.3) is 16.0 Å². The van der Waals surface area contributed by atoms with E-state index in [1.54, 1.807) is 48.4 Å². The monoisotopic (exact) mass is 343 g/mol. The molecule has 3 nitrogen and oxygen atoms in total. The molecule has 22 heavy (non-hydrogen) atoms. The Kier molecular flexibility index (Phi) is 73.2. The summed E-state index contributed by atoms with van der Waals surface area (Å²) in [6.45, 7) is 20.2. The van der Waals surface area contributed by atoms with E-state index in [1.807, 2.05) is 33.8 Å². The van der Waals surface area contributed by atoms with Crippen LogP contribution in [0, 0.1) is 6.58 Å². The summed E-state index contributed by atoms with van der Waals surface area (Å²) in [4.78, 5) is 0. The predicted molar refractivity (Wildman–Crippen MR) is 104 cm³/mol. The van der Waals surface area contributed by atoms with Gasteiger partial charge in [-0.3, -0.25) is 6.58 Å². The number of nitrogens with zero attached hydrogens (tertiary/aromatic N) is 3. The number of allylic oxidation sites excluding steroid dienone is 5. The molecule has 0 aromatic heterocycles. The van der Waals surface area contributed by atoms with Crippen LogP contribution < -0.4 is 0 Å². The van der Waals surface area contributed by atoms with E-state index in [4.69, 9.17) is 6.58 Å². The molecule has 0 saturated heterocycles. The Morgan fingerprint density at radius 3 is 0.955 bits per heavy atom. The van der Waals surface area contributed by atoms with Crippen LogP contribution >= 0.6 is 0 Å². The Balaban J connectivity index is -0.0000000376. The summed E-state index contributed by atoms with van der Waals surface area (Å²) in [6.07, 6.45) is 3.54. The molecule has 0 fully saturated rings. The molecule has 0 amide bonds. The number of hydrogen-bond donors (Lipinski definition) is 0. The van der Waals surface area contributed by atoms with Crippen molar-refractivity contribution in [1.29, 1.82) is 0 Å². The molecule has 0 unspecified atom stereocenters.